The molecular formula is C16H19N3O. The van der Waals surface area contributed by atoms with Gasteiger partial charge in [0, 0.05) is 24.1 Å². The van der Waals surface area contributed by atoms with Crippen molar-refractivity contribution in [1.82, 2.24) is 10.3 Å². The molecule has 2 rings (SSSR count). The summed E-state index contributed by atoms with van der Waals surface area (Å²) < 4.78 is 0. The molecule has 0 bridgehead atoms. The minimum Gasteiger partial charge on any atom is -0.399 e. The molecule has 1 heterocycles. The third-order valence-electron chi connectivity index (χ3n) is 3.05. The van der Waals surface area contributed by atoms with Crippen molar-refractivity contribution in [3.05, 3.63) is 59.4 Å². The third kappa shape index (κ3) is 4.39. The second-order valence-electron chi connectivity index (χ2n) is 4.83. The highest BCUT2D eigenvalue weighted by atomic mass is 16.1. The van der Waals surface area contributed by atoms with E-state index in [2.05, 4.69) is 10.3 Å². The number of hydrogen-bond acceptors (Lipinski definition) is 3. The highest BCUT2D eigenvalue weighted by Crippen LogP contribution is 2.05. The van der Waals surface area contributed by atoms with Crippen LogP contribution in [0.1, 0.15) is 16.8 Å². The molecule has 20 heavy (non-hydrogen) atoms. The average molecular weight is 269 g/mol. The Balaban J connectivity index is 1.75. The Labute approximate surface area is 119 Å². The Kier molecular flexibility index (Phi) is 4.71. The Morgan fingerprint density at radius 2 is 1.85 bits per heavy atom. The van der Waals surface area contributed by atoms with Gasteiger partial charge in [-0.25, -0.2) is 0 Å². The van der Waals surface area contributed by atoms with Gasteiger partial charge in [0.05, 0.1) is 6.42 Å². The molecule has 0 aliphatic rings. The Morgan fingerprint density at radius 1 is 1.15 bits per heavy atom. The van der Waals surface area contributed by atoms with Crippen molar-refractivity contribution in [1.29, 1.82) is 0 Å². The first-order chi connectivity index (χ1) is 9.63. The van der Waals surface area contributed by atoms with Crippen LogP contribution in [0.15, 0.2) is 42.6 Å². The molecule has 1 aromatic carbocycles. The molecule has 0 aliphatic heterocycles. The molecule has 1 amide bonds. The zero-order valence-electron chi connectivity index (χ0n) is 11.6. The van der Waals surface area contributed by atoms with E-state index in [0.717, 1.165) is 28.9 Å². The number of benzene rings is 1. The molecule has 3 N–H and O–H groups in total. The Morgan fingerprint density at radius 3 is 2.50 bits per heavy atom. The minimum absolute atomic E-state index is 0.0195. The van der Waals surface area contributed by atoms with E-state index in [0.29, 0.717) is 13.0 Å². The molecule has 0 spiro atoms. The normalized spacial score (nSPS) is 10.2. The molecule has 4 heteroatoms. The highest BCUT2D eigenvalue weighted by molar-refractivity contribution is 5.78. The SMILES string of the molecule is Cc1ccc(CC(=O)NCCc2ccc(N)cc2)cn1. The zero-order valence-corrected chi connectivity index (χ0v) is 11.6. The van der Waals surface area contributed by atoms with Crippen molar-refractivity contribution in [2.45, 2.75) is 19.8 Å². The fourth-order valence-electron chi connectivity index (χ4n) is 1.88. The predicted molar refractivity (Wildman–Crippen MR) is 80.2 cm³/mol. The van der Waals surface area contributed by atoms with Crippen LogP contribution in [-0.4, -0.2) is 17.4 Å². The fraction of sp³-hybridized carbons (Fsp3) is 0.250. The standard InChI is InChI=1S/C16H19N3O/c1-12-2-3-14(11-19-12)10-16(20)18-9-8-13-4-6-15(17)7-5-13/h2-7,11H,8-10,17H2,1H3,(H,18,20). The number of carbonyl (C=O) groups excluding carboxylic acids is 1. The number of nitrogens with zero attached hydrogens (tertiary/aromatic N) is 1. The van der Waals surface area contributed by atoms with Crippen molar-refractivity contribution >= 4 is 11.6 Å². The highest BCUT2D eigenvalue weighted by Gasteiger charge is 2.03. The summed E-state index contributed by atoms with van der Waals surface area (Å²) >= 11 is 0. The number of hydrogen-bond donors (Lipinski definition) is 2. The van der Waals surface area contributed by atoms with E-state index in [1.54, 1.807) is 6.20 Å². The van der Waals surface area contributed by atoms with Gasteiger partial charge in [-0.2, -0.15) is 0 Å². The van der Waals surface area contributed by atoms with E-state index in [9.17, 15) is 4.79 Å². The molecule has 1 aromatic heterocycles. The van der Waals surface area contributed by atoms with E-state index in [1.165, 1.54) is 0 Å². The first-order valence-electron chi connectivity index (χ1n) is 6.66. The molecule has 104 valence electrons. The largest absolute Gasteiger partial charge is 0.399 e. The first-order valence-corrected chi connectivity index (χ1v) is 6.66. The molecule has 0 radical (unpaired) electrons. The Hall–Kier alpha value is -2.36. The number of nitrogens with one attached hydrogen (secondary N) is 1. The monoisotopic (exact) mass is 269 g/mol. The van der Waals surface area contributed by atoms with Crippen molar-refractivity contribution < 1.29 is 4.79 Å². The summed E-state index contributed by atoms with van der Waals surface area (Å²) in [6.07, 6.45) is 2.92. The summed E-state index contributed by atoms with van der Waals surface area (Å²) in [5, 5.41) is 2.91. The smallest absolute Gasteiger partial charge is 0.224 e. The summed E-state index contributed by atoms with van der Waals surface area (Å²) in [5.41, 5.74) is 9.43. The molecule has 0 aliphatic carbocycles. The van der Waals surface area contributed by atoms with E-state index >= 15 is 0 Å². The fourth-order valence-corrected chi connectivity index (χ4v) is 1.88. The van der Waals surface area contributed by atoms with Crippen molar-refractivity contribution in [2.75, 3.05) is 12.3 Å². The number of rotatable bonds is 5. The van der Waals surface area contributed by atoms with Gasteiger partial charge in [0.1, 0.15) is 0 Å². The van der Waals surface area contributed by atoms with Crippen LogP contribution in [-0.2, 0) is 17.6 Å². The van der Waals surface area contributed by atoms with Crippen LogP contribution >= 0.6 is 0 Å². The van der Waals surface area contributed by atoms with Crippen LogP contribution in [0.3, 0.4) is 0 Å². The summed E-state index contributed by atoms with van der Waals surface area (Å²) in [5.74, 6) is 0.0195. The quantitative estimate of drug-likeness (QED) is 0.814. The minimum atomic E-state index is 0.0195. The van der Waals surface area contributed by atoms with Crippen LogP contribution in [0.2, 0.25) is 0 Å². The van der Waals surface area contributed by atoms with E-state index < -0.39 is 0 Å². The van der Waals surface area contributed by atoms with E-state index in [4.69, 9.17) is 5.73 Å². The summed E-state index contributed by atoms with van der Waals surface area (Å²) in [4.78, 5) is 16.0. The van der Waals surface area contributed by atoms with Crippen LogP contribution in [0.25, 0.3) is 0 Å². The molecule has 4 nitrogen and oxygen atoms in total. The van der Waals surface area contributed by atoms with Gasteiger partial charge in [0.25, 0.3) is 0 Å². The summed E-state index contributed by atoms with van der Waals surface area (Å²) in [7, 11) is 0. The second-order valence-corrected chi connectivity index (χ2v) is 4.83. The average Bonchev–Trinajstić information content (AvgIpc) is 2.44. The van der Waals surface area contributed by atoms with Crippen LogP contribution in [0.4, 0.5) is 5.69 Å². The van der Waals surface area contributed by atoms with Crippen molar-refractivity contribution in [2.24, 2.45) is 0 Å². The maximum Gasteiger partial charge on any atom is 0.224 e. The van der Waals surface area contributed by atoms with Gasteiger partial charge in [-0.05, 0) is 42.7 Å². The lowest BCUT2D eigenvalue weighted by Gasteiger charge is -2.06. The predicted octanol–water partition coefficient (Wildman–Crippen LogP) is 1.87. The lowest BCUT2D eigenvalue weighted by molar-refractivity contribution is -0.120. The molecule has 0 atom stereocenters. The Bertz CT molecular complexity index is 561. The van der Waals surface area contributed by atoms with Crippen LogP contribution < -0.4 is 11.1 Å². The number of nitrogen functional groups attached to an aromatic ring is 1. The van der Waals surface area contributed by atoms with Gasteiger partial charge in [-0.15, -0.1) is 0 Å². The van der Waals surface area contributed by atoms with E-state index in [1.807, 2.05) is 43.3 Å². The number of aromatic nitrogens is 1. The molecule has 0 fully saturated rings. The van der Waals surface area contributed by atoms with Gasteiger partial charge >= 0.3 is 0 Å². The van der Waals surface area contributed by atoms with Gasteiger partial charge in [-0.3, -0.25) is 9.78 Å². The van der Waals surface area contributed by atoms with Crippen molar-refractivity contribution in [3.63, 3.8) is 0 Å². The number of anilines is 1. The van der Waals surface area contributed by atoms with Gasteiger partial charge in [-0.1, -0.05) is 18.2 Å². The number of carbonyl (C=O) groups is 1. The van der Waals surface area contributed by atoms with Gasteiger partial charge in [0.2, 0.25) is 5.91 Å². The third-order valence-corrected chi connectivity index (χ3v) is 3.05. The van der Waals surface area contributed by atoms with Crippen LogP contribution in [0, 0.1) is 6.92 Å². The number of pyridine rings is 1. The lowest BCUT2D eigenvalue weighted by atomic mass is 10.1. The molecular weight excluding hydrogens is 250 g/mol. The molecule has 0 saturated heterocycles. The number of aryl methyl sites for hydroxylation is 1. The van der Waals surface area contributed by atoms with Crippen molar-refractivity contribution in [3.8, 4) is 0 Å². The number of nitrogens with two attached hydrogens (primary N) is 1. The van der Waals surface area contributed by atoms with E-state index in [-0.39, 0.29) is 5.91 Å². The maximum absolute atomic E-state index is 11.8. The maximum atomic E-state index is 11.8. The molecule has 0 unspecified atom stereocenters. The zero-order chi connectivity index (χ0) is 14.4. The van der Waals surface area contributed by atoms with Crippen LogP contribution in [0.5, 0.6) is 0 Å². The first kappa shape index (κ1) is 14.1. The van der Waals surface area contributed by atoms with Gasteiger partial charge in [0.15, 0.2) is 0 Å². The molecule has 0 saturated carbocycles. The van der Waals surface area contributed by atoms with Gasteiger partial charge < -0.3 is 11.1 Å². The summed E-state index contributed by atoms with van der Waals surface area (Å²) in [6.45, 7) is 2.55. The number of amides is 1. The summed E-state index contributed by atoms with van der Waals surface area (Å²) in [6, 6.07) is 11.5. The molecule has 2 aromatic rings. The topological polar surface area (TPSA) is 68.0 Å². The lowest BCUT2D eigenvalue weighted by Crippen LogP contribution is -2.27. The second kappa shape index (κ2) is 6.70.